The van der Waals surface area contributed by atoms with Crippen molar-refractivity contribution in [3.8, 4) is 17.2 Å². The van der Waals surface area contributed by atoms with Crippen molar-refractivity contribution in [2.75, 3.05) is 33.8 Å². The number of carbonyl (C=O) groups is 2. The van der Waals surface area contributed by atoms with Crippen LogP contribution in [0.1, 0.15) is 32.8 Å². The average Bonchev–Trinajstić information content (AvgIpc) is 3.31. The van der Waals surface area contributed by atoms with Gasteiger partial charge in [0.15, 0.2) is 11.5 Å². The third-order valence-electron chi connectivity index (χ3n) is 4.66. The number of amides is 1. The Hall–Kier alpha value is -3.00. The van der Waals surface area contributed by atoms with Crippen molar-refractivity contribution in [1.82, 2.24) is 0 Å². The number of fused-ring (bicyclic) bond motifs is 1. The maximum Gasteiger partial charge on any atom is 0.341 e. The van der Waals surface area contributed by atoms with Crippen molar-refractivity contribution in [3.05, 3.63) is 39.8 Å². The summed E-state index contributed by atoms with van der Waals surface area (Å²) < 4.78 is 20.8. The first-order chi connectivity index (χ1) is 14.0. The van der Waals surface area contributed by atoms with Gasteiger partial charge >= 0.3 is 5.97 Å². The molecule has 2 aromatic rings. The molecule has 0 fully saturated rings. The zero-order valence-electron chi connectivity index (χ0n) is 16.8. The number of hydrogen-bond acceptors (Lipinski definition) is 7. The summed E-state index contributed by atoms with van der Waals surface area (Å²) in [6.07, 6.45) is 5.79. The fraction of sp³-hybridized carbons (Fsp3) is 0.333. The van der Waals surface area contributed by atoms with E-state index in [2.05, 4.69) is 5.32 Å². The van der Waals surface area contributed by atoms with Gasteiger partial charge in [0.1, 0.15) is 5.00 Å². The van der Waals surface area contributed by atoms with Gasteiger partial charge in [-0.15, -0.1) is 11.3 Å². The molecular formula is C21H23NO6S. The number of hydrogen-bond donors (Lipinski definition) is 1. The molecule has 0 saturated carbocycles. The first-order valence-electron chi connectivity index (χ1n) is 9.04. The zero-order chi connectivity index (χ0) is 21.0. The van der Waals surface area contributed by atoms with E-state index in [-0.39, 0.29) is 5.91 Å². The van der Waals surface area contributed by atoms with E-state index < -0.39 is 5.97 Å². The first kappa shape index (κ1) is 20.7. The monoisotopic (exact) mass is 417 g/mol. The number of methoxy groups -OCH3 is 4. The van der Waals surface area contributed by atoms with Crippen LogP contribution in [0.15, 0.2) is 18.2 Å². The highest BCUT2D eigenvalue weighted by Crippen LogP contribution is 2.40. The predicted octanol–water partition coefficient (Wildman–Crippen LogP) is 3.70. The van der Waals surface area contributed by atoms with Gasteiger partial charge < -0.3 is 24.3 Å². The number of carbonyl (C=O) groups excluding carboxylic acids is 2. The summed E-state index contributed by atoms with van der Waals surface area (Å²) in [5.74, 6) is 0.702. The Morgan fingerprint density at radius 3 is 2.31 bits per heavy atom. The second-order valence-electron chi connectivity index (χ2n) is 6.33. The molecular weight excluding hydrogens is 394 g/mol. The first-order valence-corrected chi connectivity index (χ1v) is 9.85. The van der Waals surface area contributed by atoms with Crippen molar-refractivity contribution < 1.29 is 28.5 Å². The third kappa shape index (κ3) is 4.22. The highest BCUT2D eigenvalue weighted by molar-refractivity contribution is 7.17. The van der Waals surface area contributed by atoms with Crippen LogP contribution in [-0.2, 0) is 22.4 Å². The van der Waals surface area contributed by atoms with E-state index in [4.69, 9.17) is 18.9 Å². The highest BCUT2D eigenvalue weighted by atomic mass is 32.1. The van der Waals surface area contributed by atoms with Gasteiger partial charge in [-0.2, -0.15) is 0 Å². The smallest absolute Gasteiger partial charge is 0.341 e. The fourth-order valence-corrected chi connectivity index (χ4v) is 4.61. The minimum absolute atomic E-state index is 0.344. The largest absolute Gasteiger partial charge is 0.493 e. The Labute approximate surface area is 173 Å². The fourth-order valence-electron chi connectivity index (χ4n) is 3.33. The van der Waals surface area contributed by atoms with Gasteiger partial charge in [-0.1, -0.05) is 0 Å². The molecule has 1 aliphatic rings. The van der Waals surface area contributed by atoms with Gasteiger partial charge in [-0.05, 0) is 48.6 Å². The molecule has 0 atom stereocenters. The van der Waals surface area contributed by atoms with Crippen LogP contribution in [0.4, 0.5) is 5.00 Å². The molecule has 0 saturated heterocycles. The van der Waals surface area contributed by atoms with Crippen LogP contribution in [-0.4, -0.2) is 40.3 Å². The molecule has 1 N–H and O–H groups in total. The molecule has 0 bridgehead atoms. The maximum atomic E-state index is 12.5. The van der Waals surface area contributed by atoms with Gasteiger partial charge in [-0.25, -0.2) is 4.79 Å². The van der Waals surface area contributed by atoms with E-state index in [0.717, 1.165) is 29.7 Å². The molecule has 0 spiro atoms. The molecule has 1 aromatic heterocycles. The lowest BCUT2D eigenvalue weighted by molar-refractivity contribution is -0.111. The van der Waals surface area contributed by atoms with Crippen LogP contribution in [0, 0.1) is 0 Å². The number of nitrogens with one attached hydrogen (secondary N) is 1. The van der Waals surface area contributed by atoms with Gasteiger partial charge in [0, 0.05) is 11.0 Å². The van der Waals surface area contributed by atoms with Crippen LogP contribution in [0.2, 0.25) is 0 Å². The Balaban J connectivity index is 1.82. The SMILES string of the molecule is COC(=O)c1c(NC(=O)/C=C/c2cc(OC)c(OC)c(OC)c2)sc2c1CCC2. The third-order valence-corrected chi connectivity index (χ3v) is 5.87. The van der Waals surface area contributed by atoms with Crippen molar-refractivity contribution in [3.63, 3.8) is 0 Å². The van der Waals surface area contributed by atoms with Gasteiger partial charge in [0.05, 0.1) is 34.0 Å². The molecule has 154 valence electrons. The number of rotatable bonds is 7. The number of esters is 1. The van der Waals surface area contributed by atoms with Crippen molar-refractivity contribution >= 4 is 34.3 Å². The normalized spacial score (nSPS) is 12.6. The summed E-state index contributed by atoms with van der Waals surface area (Å²) in [4.78, 5) is 25.8. The molecule has 0 radical (unpaired) electrons. The van der Waals surface area contributed by atoms with Crippen LogP contribution < -0.4 is 19.5 Å². The molecule has 0 unspecified atom stereocenters. The Morgan fingerprint density at radius 2 is 1.72 bits per heavy atom. The number of ether oxygens (including phenoxy) is 4. The molecule has 1 aromatic carbocycles. The van der Waals surface area contributed by atoms with Crippen LogP contribution in [0.3, 0.4) is 0 Å². The van der Waals surface area contributed by atoms with E-state index in [0.29, 0.717) is 33.4 Å². The van der Waals surface area contributed by atoms with Crippen molar-refractivity contribution in [2.24, 2.45) is 0 Å². The van der Waals surface area contributed by atoms with E-state index >= 15 is 0 Å². The Kier molecular flexibility index (Phi) is 6.43. The van der Waals surface area contributed by atoms with E-state index in [1.165, 1.54) is 45.9 Å². The average molecular weight is 417 g/mol. The molecule has 3 rings (SSSR count). The van der Waals surface area contributed by atoms with E-state index in [9.17, 15) is 9.59 Å². The Bertz CT molecular complexity index is 937. The van der Waals surface area contributed by atoms with Gasteiger partial charge in [0.25, 0.3) is 0 Å². The van der Waals surface area contributed by atoms with Crippen LogP contribution in [0.5, 0.6) is 17.2 Å². The van der Waals surface area contributed by atoms with Crippen LogP contribution in [0.25, 0.3) is 6.08 Å². The van der Waals surface area contributed by atoms with E-state index in [1.54, 1.807) is 18.2 Å². The standard InChI is InChI=1S/C21H23NO6S/c1-25-14-10-12(11-15(26-2)19(14)27-3)8-9-17(23)22-20-18(21(24)28-4)13-6-5-7-16(13)29-20/h8-11H,5-7H2,1-4H3,(H,22,23)/b9-8+. The molecule has 8 heteroatoms. The number of benzene rings is 1. The summed E-state index contributed by atoms with van der Waals surface area (Å²) >= 11 is 1.44. The zero-order valence-corrected chi connectivity index (χ0v) is 17.6. The maximum absolute atomic E-state index is 12.5. The summed E-state index contributed by atoms with van der Waals surface area (Å²) in [7, 11) is 5.93. The number of anilines is 1. The summed E-state index contributed by atoms with van der Waals surface area (Å²) in [5.41, 5.74) is 2.17. The minimum Gasteiger partial charge on any atom is -0.493 e. The topological polar surface area (TPSA) is 83.1 Å². The van der Waals surface area contributed by atoms with Crippen molar-refractivity contribution in [2.45, 2.75) is 19.3 Å². The van der Waals surface area contributed by atoms with Crippen molar-refractivity contribution in [1.29, 1.82) is 0 Å². The quantitative estimate of drug-likeness (QED) is 0.546. The molecule has 0 aliphatic heterocycles. The summed E-state index contributed by atoms with van der Waals surface area (Å²) in [5, 5.41) is 3.34. The molecule has 1 heterocycles. The van der Waals surface area contributed by atoms with E-state index in [1.807, 2.05) is 0 Å². The molecule has 1 aliphatic carbocycles. The second-order valence-corrected chi connectivity index (χ2v) is 7.44. The lowest BCUT2D eigenvalue weighted by Gasteiger charge is -2.12. The number of aryl methyl sites for hydroxylation is 1. The second kappa shape index (κ2) is 9.00. The van der Waals surface area contributed by atoms with Crippen LogP contribution >= 0.6 is 11.3 Å². The lowest BCUT2D eigenvalue weighted by Crippen LogP contribution is -2.12. The minimum atomic E-state index is -0.423. The molecule has 29 heavy (non-hydrogen) atoms. The summed E-state index contributed by atoms with van der Waals surface area (Å²) in [6, 6.07) is 3.48. The predicted molar refractivity (Wildman–Crippen MR) is 111 cm³/mol. The Morgan fingerprint density at radius 1 is 1.03 bits per heavy atom. The number of thiophene rings is 1. The molecule has 1 amide bonds. The van der Waals surface area contributed by atoms with Gasteiger partial charge in [-0.3, -0.25) is 4.79 Å². The lowest BCUT2D eigenvalue weighted by atomic mass is 10.1. The summed E-state index contributed by atoms with van der Waals surface area (Å²) in [6.45, 7) is 0. The highest BCUT2D eigenvalue weighted by Gasteiger charge is 2.27. The van der Waals surface area contributed by atoms with Gasteiger partial charge in [0.2, 0.25) is 11.7 Å². The molecule has 7 nitrogen and oxygen atoms in total.